The first-order chi connectivity index (χ1) is 8.21. The zero-order valence-corrected chi connectivity index (χ0v) is 10.8. The molecule has 2 amide bonds. The number of ether oxygens (including phenoxy) is 1. The van der Waals surface area contributed by atoms with Crippen molar-refractivity contribution < 1.29 is 14.6 Å². The Bertz CT molecular complexity index is 350. The first-order valence-corrected chi connectivity index (χ1v) is 6.16. The molecule has 17 heavy (non-hydrogen) atoms. The van der Waals surface area contributed by atoms with Crippen LogP contribution in [0.25, 0.3) is 0 Å². The lowest BCUT2D eigenvalue weighted by atomic mass is 10.4. The topological polar surface area (TPSA) is 74.7 Å². The lowest BCUT2D eigenvalue weighted by molar-refractivity contribution is 0.188. The van der Waals surface area contributed by atoms with Crippen LogP contribution >= 0.6 is 11.5 Å². The Hall–Kier alpha value is -1.34. The molecule has 0 radical (unpaired) electrons. The van der Waals surface area contributed by atoms with Gasteiger partial charge in [0, 0.05) is 19.2 Å². The molecule has 0 atom stereocenters. The predicted molar refractivity (Wildman–Crippen MR) is 66.6 cm³/mol. The van der Waals surface area contributed by atoms with E-state index < -0.39 is 0 Å². The number of nitrogens with one attached hydrogen (secondary N) is 1. The average Bonchev–Trinajstić information content (AvgIpc) is 2.76. The Morgan fingerprint density at radius 2 is 2.41 bits per heavy atom. The summed E-state index contributed by atoms with van der Waals surface area (Å²) < 4.78 is 8.90. The molecule has 0 fully saturated rings. The van der Waals surface area contributed by atoms with Gasteiger partial charge in [-0.3, -0.25) is 5.32 Å². The van der Waals surface area contributed by atoms with Gasteiger partial charge in [-0.25, -0.2) is 4.79 Å². The van der Waals surface area contributed by atoms with Gasteiger partial charge in [-0.05, 0) is 18.0 Å². The van der Waals surface area contributed by atoms with E-state index in [1.54, 1.807) is 11.0 Å². The van der Waals surface area contributed by atoms with E-state index in [-0.39, 0.29) is 12.6 Å². The molecule has 0 saturated carbocycles. The Labute approximate surface area is 104 Å². The Morgan fingerprint density at radius 3 is 2.94 bits per heavy atom. The summed E-state index contributed by atoms with van der Waals surface area (Å²) in [7, 11) is 1.52. The molecule has 1 aromatic heterocycles. The molecule has 0 aliphatic rings. The lowest BCUT2D eigenvalue weighted by Crippen LogP contribution is -2.37. The third kappa shape index (κ3) is 4.20. The summed E-state index contributed by atoms with van der Waals surface area (Å²) in [4.78, 5) is 13.4. The third-order valence-electron chi connectivity index (χ3n) is 2.08. The molecule has 6 nitrogen and oxygen atoms in total. The molecule has 0 aromatic carbocycles. The molecule has 7 heteroatoms. The van der Waals surface area contributed by atoms with E-state index >= 15 is 0 Å². The minimum Gasteiger partial charge on any atom is -0.480 e. The van der Waals surface area contributed by atoms with Gasteiger partial charge in [-0.1, -0.05) is 6.92 Å². The SMILES string of the molecule is CCCN(CCO)C(=O)Nc1cc(OC)ns1. The highest BCUT2D eigenvalue weighted by Crippen LogP contribution is 2.21. The van der Waals surface area contributed by atoms with Gasteiger partial charge in [-0.15, -0.1) is 0 Å². The minimum atomic E-state index is -0.229. The highest BCUT2D eigenvalue weighted by molar-refractivity contribution is 7.10. The van der Waals surface area contributed by atoms with Crippen LogP contribution in [0.1, 0.15) is 13.3 Å². The van der Waals surface area contributed by atoms with Crippen LogP contribution in [0.5, 0.6) is 5.88 Å². The fourth-order valence-electron chi connectivity index (χ4n) is 1.30. The van der Waals surface area contributed by atoms with Crippen molar-refractivity contribution in [2.24, 2.45) is 0 Å². The number of urea groups is 1. The van der Waals surface area contributed by atoms with Gasteiger partial charge in [0.05, 0.1) is 13.7 Å². The summed E-state index contributed by atoms with van der Waals surface area (Å²) in [6.07, 6.45) is 0.847. The first kappa shape index (κ1) is 13.7. The standard InChI is InChI=1S/C10H17N3O3S/c1-3-4-13(5-6-14)10(15)11-9-7-8(16-2)12-17-9/h7,14H,3-6H2,1-2H3,(H,11,15). The molecule has 1 rings (SSSR count). The molecule has 0 saturated heterocycles. The summed E-state index contributed by atoms with van der Waals surface area (Å²) >= 11 is 1.16. The number of carbonyl (C=O) groups excluding carboxylic acids is 1. The van der Waals surface area contributed by atoms with Gasteiger partial charge >= 0.3 is 6.03 Å². The number of methoxy groups -OCH3 is 1. The number of hydrogen-bond donors (Lipinski definition) is 2. The highest BCUT2D eigenvalue weighted by atomic mass is 32.1. The number of rotatable bonds is 6. The number of amides is 2. The lowest BCUT2D eigenvalue weighted by Gasteiger charge is -2.20. The van der Waals surface area contributed by atoms with Crippen molar-refractivity contribution in [1.82, 2.24) is 9.27 Å². The molecule has 1 aromatic rings. The van der Waals surface area contributed by atoms with Crippen molar-refractivity contribution >= 4 is 22.6 Å². The summed E-state index contributed by atoms with van der Waals surface area (Å²) in [5, 5.41) is 12.2. The number of aliphatic hydroxyl groups is 1. The summed E-state index contributed by atoms with van der Waals surface area (Å²) in [5.74, 6) is 0.481. The normalized spacial score (nSPS) is 10.1. The molecule has 0 aliphatic carbocycles. The molecule has 2 N–H and O–H groups in total. The van der Waals surface area contributed by atoms with E-state index in [1.165, 1.54) is 7.11 Å². The largest absolute Gasteiger partial charge is 0.480 e. The second-order valence-electron chi connectivity index (χ2n) is 3.37. The van der Waals surface area contributed by atoms with Crippen LogP contribution in [0.2, 0.25) is 0 Å². The van der Waals surface area contributed by atoms with Crippen LogP contribution in [0.4, 0.5) is 9.80 Å². The van der Waals surface area contributed by atoms with Gasteiger partial charge in [0.15, 0.2) is 0 Å². The van der Waals surface area contributed by atoms with Crippen molar-refractivity contribution in [2.45, 2.75) is 13.3 Å². The summed E-state index contributed by atoms with van der Waals surface area (Å²) in [6.45, 7) is 2.88. The molecule has 96 valence electrons. The fraction of sp³-hybridized carbons (Fsp3) is 0.600. The maximum atomic E-state index is 11.8. The maximum absolute atomic E-state index is 11.8. The van der Waals surface area contributed by atoms with E-state index in [4.69, 9.17) is 9.84 Å². The van der Waals surface area contributed by atoms with Gasteiger partial charge in [-0.2, -0.15) is 4.37 Å². The smallest absolute Gasteiger partial charge is 0.322 e. The maximum Gasteiger partial charge on any atom is 0.322 e. The van der Waals surface area contributed by atoms with Crippen molar-refractivity contribution in [1.29, 1.82) is 0 Å². The monoisotopic (exact) mass is 259 g/mol. The van der Waals surface area contributed by atoms with Crippen LogP contribution in [0.15, 0.2) is 6.07 Å². The molecule has 1 heterocycles. The fourth-order valence-corrected chi connectivity index (χ4v) is 1.91. The number of anilines is 1. The van der Waals surface area contributed by atoms with Crippen LogP contribution in [-0.4, -0.2) is 47.2 Å². The van der Waals surface area contributed by atoms with Gasteiger partial charge in [0.25, 0.3) is 0 Å². The number of aromatic nitrogens is 1. The van der Waals surface area contributed by atoms with Crippen molar-refractivity contribution in [3.8, 4) is 5.88 Å². The van der Waals surface area contributed by atoms with Gasteiger partial charge in [0.1, 0.15) is 5.00 Å². The van der Waals surface area contributed by atoms with Crippen molar-refractivity contribution in [2.75, 3.05) is 32.1 Å². The van der Waals surface area contributed by atoms with Crippen molar-refractivity contribution in [3.63, 3.8) is 0 Å². The van der Waals surface area contributed by atoms with E-state index in [0.29, 0.717) is 24.0 Å². The predicted octanol–water partition coefficient (Wildman–Crippen LogP) is 1.39. The quantitative estimate of drug-likeness (QED) is 0.809. The molecule has 0 bridgehead atoms. The van der Waals surface area contributed by atoms with Crippen LogP contribution in [0, 0.1) is 0 Å². The molecule has 0 aliphatic heterocycles. The zero-order chi connectivity index (χ0) is 12.7. The second kappa shape index (κ2) is 7.08. The molecule has 0 unspecified atom stereocenters. The van der Waals surface area contributed by atoms with E-state index in [1.807, 2.05) is 6.92 Å². The Morgan fingerprint density at radius 1 is 1.65 bits per heavy atom. The van der Waals surface area contributed by atoms with Crippen LogP contribution in [0.3, 0.4) is 0 Å². The third-order valence-corrected chi connectivity index (χ3v) is 2.77. The van der Waals surface area contributed by atoms with E-state index in [2.05, 4.69) is 9.69 Å². The zero-order valence-electron chi connectivity index (χ0n) is 9.97. The first-order valence-electron chi connectivity index (χ1n) is 5.38. The Kier molecular flexibility index (Phi) is 5.71. The average molecular weight is 259 g/mol. The van der Waals surface area contributed by atoms with Gasteiger partial charge < -0.3 is 14.7 Å². The minimum absolute atomic E-state index is 0.0422. The molecular weight excluding hydrogens is 242 g/mol. The number of nitrogens with zero attached hydrogens (tertiary/aromatic N) is 2. The van der Waals surface area contributed by atoms with Crippen LogP contribution in [-0.2, 0) is 0 Å². The van der Waals surface area contributed by atoms with E-state index in [9.17, 15) is 4.79 Å². The highest BCUT2D eigenvalue weighted by Gasteiger charge is 2.13. The number of hydrogen-bond acceptors (Lipinski definition) is 5. The van der Waals surface area contributed by atoms with Crippen LogP contribution < -0.4 is 10.1 Å². The summed E-state index contributed by atoms with van der Waals surface area (Å²) in [6, 6.07) is 1.43. The molecule has 0 spiro atoms. The van der Waals surface area contributed by atoms with Gasteiger partial charge in [0.2, 0.25) is 5.88 Å². The Balaban J connectivity index is 2.56. The summed E-state index contributed by atoms with van der Waals surface area (Å²) in [5.41, 5.74) is 0. The molecular formula is C10H17N3O3S. The van der Waals surface area contributed by atoms with E-state index in [0.717, 1.165) is 18.0 Å². The number of aliphatic hydroxyl groups excluding tert-OH is 1. The second-order valence-corrected chi connectivity index (χ2v) is 4.18. The number of carbonyl (C=O) groups is 1. The van der Waals surface area contributed by atoms with Crippen molar-refractivity contribution in [3.05, 3.63) is 6.07 Å².